The van der Waals surface area contributed by atoms with E-state index in [2.05, 4.69) is 15.3 Å². The Morgan fingerprint density at radius 3 is 2.80 bits per heavy atom. The minimum atomic E-state index is -0.0779. The van der Waals surface area contributed by atoms with E-state index in [0.717, 1.165) is 34.9 Å². The van der Waals surface area contributed by atoms with Gasteiger partial charge in [-0.05, 0) is 26.8 Å². The van der Waals surface area contributed by atoms with Crippen LogP contribution in [-0.2, 0) is 0 Å². The Morgan fingerprint density at radius 1 is 1.40 bits per heavy atom. The van der Waals surface area contributed by atoms with E-state index in [1.54, 1.807) is 23.7 Å². The van der Waals surface area contributed by atoms with Crippen LogP contribution in [0.25, 0.3) is 0 Å². The molecule has 3 heterocycles. The van der Waals surface area contributed by atoms with Gasteiger partial charge in [-0.15, -0.1) is 11.3 Å². The van der Waals surface area contributed by atoms with Gasteiger partial charge in [-0.25, -0.2) is 9.78 Å². The molecule has 1 aliphatic heterocycles. The number of nitrogens with one attached hydrogen (secondary N) is 1. The second-order valence-corrected chi connectivity index (χ2v) is 7.47. The van der Waals surface area contributed by atoms with Gasteiger partial charge in [0, 0.05) is 49.3 Å². The summed E-state index contributed by atoms with van der Waals surface area (Å²) in [5, 5.41) is 6.05. The highest BCUT2D eigenvalue weighted by atomic mass is 32.1. The number of pyridine rings is 1. The number of carbonyl (C=O) groups excluding carboxylic acids is 1. The van der Waals surface area contributed by atoms with Gasteiger partial charge in [0.25, 0.3) is 0 Å². The number of aryl methyl sites for hydroxylation is 2. The first-order valence-corrected chi connectivity index (χ1v) is 9.45. The molecule has 1 fully saturated rings. The maximum atomic E-state index is 12.4. The molecule has 0 bridgehead atoms. The van der Waals surface area contributed by atoms with E-state index in [1.807, 2.05) is 37.1 Å². The zero-order valence-corrected chi connectivity index (χ0v) is 15.7. The molecule has 1 N–H and O–H groups in total. The van der Waals surface area contributed by atoms with Crippen LogP contribution in [0.2, 0.25) is 0 Å². The smallest absolute Gasteiger partial charge is 0.317 e. The second kappa shape index (κ2) is 7.82. The highest BCUT2D eigenvalue weighted by molar-refractivity contribution is 7.09. The molecule has 1 aliphatic rings. The summed E-state index contributed by atoms with van der Waals surface area (Å²) in [5.41, 5.74) is 1.96. The average molecular weight is 360 g/mol. The molecule has 1 saturated heterocycles. The summed E-state index contributed by atoms with van der Waals surface area (Å²) in [6.45, 7) is 7.33. The number of thiazole rings is 1. The van der Waals surface area contributed by atoms with E-state index in [1.165, 1.54) is 0 Å². The molecule has 0 radical (unpaired) electrons. The standard InChI is InChI=1S/C18H24N4O2S/c1-12-10-19-7-4-17(12)24-15-5-8-22(9-6-15)18(23)20-13(2)16-11-25-14(3)21-16/h4,7,10-11,13,15H,5-6,8-9H2,1-3H3,(H,20,23). The van der Waals surface area contributed by atoms with Gasteiger partial charge in [-0.2, -0.15) is 0 Å². The molecular formula is C18H24N4O2S. The third kappa shape index (κ3) is 4.48. The maximum absolute atomic E-state index is 12.4. The third-order valence-electron chi connectivity index (χ3n) is 4.41. The van der Waals surface area contributed by atoms with Gasteiger partial charge < -0.3 is 15.0 Å². The molecular weight excluding hydrogens is 336 g/mol. The first kappa shape index (κ1) is 17.7. The Balaban J connectivity index is 1.48. The number of hydrogen-bond donors (Lipinski definition) is 1. The molecule has 3 rings (SSSR count). The monoisotopic (exact) mass is 360 g/mol. The van der Waals surface area contributed by atoms with Crippen molar-refractivity contribution in [2.45, 2.75) is 45.8 Å². The second-order valence-electron chi connectivity index (χ2n) is 6.41. The molecule has 134 valence electrons. The molecule has 0 saturated carbocycles. The highest BCUT2D eigenvalue weighted by Gasteiger charge is 2.25. The third-order valence-corrected chi connectivity index (χ3v) is 5.20. The Kier molecular flexibility index (Phi) is 5.53. The van der Waals surface area contributed by atoms with Crippen LogP contribution in [0, 0.1) is 13.8 Å². The SMILES string of the molecule is Cc1nc(C(C)NC(=O)N2CCC(Oc3ccncc3C)CC2)cs1. The van der Waals surface area contributed by atoms with Gasteiger partial charge in [0.15, 0.2) is 0 Å². The topological polar surface area (TPSA) is 67.4 Å². The molecule has 0 aliphatic carbocycles. The van der Waals surface area contributed by atoms with Crippen LogP contribution in [0.5, 0.6) is 5.75 Å². The zero-order valence-electron chi connectivity index (χ0n) is 14.9. The van der Waals surface area contributed by atoms with Crippen molar-refractivity contribution < 1.29 is 9.53 Å². The number of ether oxygens (including phenoxy) is 1. The largest absolute Gasteiger partial charge is 0.490 e. The Morgan fingerprint density at radius 2 is 2.16 bits per heavy atom. The predicted molar refractivity (Wildman–Crippen MR) is 98.0 cm³/mol. The van der Waals surface area contributed by atoms with E-state index < -0.39 is 0 Å². The number of urea groups is 1. The fourth-order valence-corrected chi connectivity index (χ4v) is 3.58. The molecule has 7 heteroatoms. The summed E-state index contributed by atoms with van der Waals surface area (Å²) in [6, 6.07) is 1.79. The van der Waals surface area contributed by atoms with Crippen molar-refractivity contribution in [3.8, 4) is 5.75 Å². The van der Waals surface area contributed by atoms with Gasteiger partial charge in [0.1, 0.15) is 11.9 Å². The average Bonchev–Trinajstić information content (AvgIpc) is 3.04. The zero-order chi connectivity index (χ0) is 17.8. The van der Waals surface area contributed by atoms with Crippen molar-refractivity contribution in [3.05, 3.63) is 40.1 Å². The van der Waals surface area contributed by atoms with Crippen molar-refractivity contribution in [2.24, 2.45) is 0 Å². The van der Waals surface area contributed by atoms with E-state index >= 15 is 0 Å². The fraction of sp³-hybridized carbons (Fsp3) is 0.500. The first-order chi connectivity index (χ1) is 12.0. The number of amides is 2. The Bertz CT molecular complexity index is 725. The molecule has 25 heavy (non-hydrogen) atoms. The molecule has 6 nitrogen and oxygen atoms in total. The summed E-state index contributed by atoms with van der Waals surface area (Å²) >= 11 is 1.60. The lowest BCUT2D eigenvalue weighted by atomic mass is 10.1. The Labute approximate surface area is 152 Å². The van der Waals surface area contributed by atoms with Gasteiger partial charge >= 0.3 is 6.03 Å². The van der Waals surface area contributed by atoms with E-state index in [0.29, 0.717) is 13.1 Å². The predicted octanol–water partition coefficient (Wildman–Crippen LogP) is 3.47. The summed E-state index contributed by atoms with van der Waals surface area (Å²) in [5.74, 6) is 0.880. The minimum Gasteiger partial charge on any atom is -0.490 e. The number of aromatic nitrogens is 2. The van der Waals surface area contributed by atoms with Crippen LogP contribution < -0.4 is 10.1 Å². The highest BCUT2D eigenvalue weighted by Crippen LogP contribution is 2.22. The van der Waals surface area contributed by atoms with Crippen molar-refractivity contribution in [1.29, 1.82) is 0 Å². The fourth-order valence-electron chi connectivity index (χ4n) is 2.88. The van der Waals surface area contributed by atoms with Crippen LogP contribution in [0.4, 0.5) is 4.79 Å². The molecule has 2 aromatic rings. The quantitative estimate of drug-likeness (QED) is 0.906. The summed E-state index contributed by atoms with van der Waals surface area (Å²) in [4.78, 5) is 22.8. The molecule has 1 unspecified atom stereocenters. The number of hydrogen-bond acceptors (Lipinski definition) is 5. The number of piperidine rings is 1. The first-order valence-electron chi connectivity index (χ1n) is 8.57. The van der Waals surface area contributed by atoms with E-state index in [9.17, 15) is 4.79 Å². The molecule has 0 aromatic carbocycles. The number of carbonyl (C=O) groups is 1. The van der Waals surface area contributed by atoms with Crippen molar-refractivity contribution >= 4 is 17.4 Å². The maximum Gasteiger partial charge on any atom is 0.317 e. The number of likely N-dealkylation sites (tertiary alicyclic amines) is 1. The molecule has 0 spiro atoms. The van der Waals surface area contributed by atoms with Gasteiger partial charge in [-0.3, -0.25) is 4.98 Å². The van der Waals surface area contributed by atoms with Crippen LogP contribution >= 0.6 is 11.3 Å². The van der Waals surface area contributed by atoms with Crippen molar-refractivity contribution in [3.63, 3.8) is 0 Å². The lowest BCUT2D eigenvalue weighted by Crippen LogP contribution is -2.47. The van der Waals surface area contributed by atoms with Crippen molar-refractivity contribution in [1.82, 2.24) is 20.2 Å². The normalized spacial score (nSPS) is 16.5. The van der Waals surface area contributed by atoms with Gasteiger partial charge in [0.2, 0.25) is 0 Å². The van der Waals surface area contributed by atoms with E-state index in [-0.39, 0.29) is 18.2 Å². The Hall–Kier alpha value is -2.15. The number of rotatable bonds is 4. The van der Waals surface area contributed by atoms with Gasteiger partial charge in [0.05, 0.1) is 16.7 Å². The van der Waals surface area contributed by atoms with Crippen LogP contribution in [0.3, 0.4) is 0 Å². The van der Waals surface area contributed by atoms with E-state index in [4.69, 9.17) is 4.74 Å². The van der Waals surface area contributed by atoms with Crippen LogP contribution in [0.15, 0.2) is 23.8 Å². The minimum absolute atomic E-state index is 0.0308. The van der Waals surface area contributed by atoms with Gasteiger partial charge in [-0.1, -0.05) is 0 Å². The lowest BCUT2D eigenvalue weighted by molar-refractivity contribution is 0.109. The molecule has 1 atom stereocenters. The van der Waals surface area contributed by atoms with Crippen LogP contribution in [-0.4, -0.2) is 40.1 Å². The molecule has 2 amide bonds. The van der Waals surface area contributed by atoms with Crippen LogP contribution in [0.1, 0.15) is 42.1 Å². The summed E-state index contributed by atoms with van der Waals surface area (Å²) in [6.07, 6.45) is 5.36. The lowest BCUT2D eigenvalue weighted by Gasteiger charge is -2.33. The summed E-state index contributed by atoms with van der Waals surface area (Å²) < 4.78 is 6.06. The number of nitrogens with zero attached hydrogens (tertiary/aromatic N) is 3. The summed E-state index contributed by atoms with van der Waals surface area (Å²) in [7, 11) is 0. The van der Waals surface area contributed by atoms with Crippen molar-refractivity contribution in [2.75, 3.05) is 13.1 Å². The molecule has 2 aromatic heterocycles.